The number of carbonyl (C=O) groups excluding carboxylic acids is 1. The molecule has 0 bridgehead atoms. The number of fused-ring (bicyclic) bond motifs is 1. The van der Waals surface area contributed by atoms with E-state index in [1.54, 1.807) is 0 Å². The topological polar surface area (TPSA) is 38.1 Å². The van der Waals surface area contributed by atoms with E-state index in [1.807, 2.05) is 24.9 Å². The molecule has 2 aliphatic carbocycles. The van der Waals surface area contributed by atoms with E-state index in [9.17, 15) is 4.79 Å². The summed E-state index contributed by atoms with van der Waals surface area (Å²) in [6, 6.07) is 7.47. The van der Waals surface area contributed by atoms with Gasteiger partial charge in [-0.05, 0) is 56.7 Å². The first-order chi connectivity index (χ1) is 11.1. The zero-order valence-electron chi connectivity index (χ0n) is 13.6. The fraction of sp³-hybridized carbons (Fsp3) is 0.474. The predicted molar refractivity (Wildman–Crippen MR) is 89.5 cm³/mol. The molecule has 0 spiro atoms. The van der Waals surface area contributed by atoms with Crippen molar-refractivity contribution in [2.45, 2.75) is 57.0 Å². The van der Waals surface area contributed by atoms with E-state index >= 15 is 0 Å². The third-order valence-electron chi connectivity index (χ3n) is 5.45. The molecule has 5 rings (SSSR count). The van der Waals surface area contributed by atoms with E-state index in [-0.39, 0.29) is 5.91 Å². The van der Waals surface area contributed by atoms with Gasteiger partial charge in [-0.1, -0.05) is 12.1 Å². The van der Waals surface area contributed by atoms with Gasteiger partial charge in [0.25, 0.3) is 0 Å². The van der Waals surface area contributed by atoms with Gasteiger partial charge in [0.05, 0.1) is 17.7 Å². The molecule has 1 aromatic heterocycles. The molecule has 0 N–H and O–H groups in total. The molecule has 2 fully saturated rings. The number of hydrogen-bond acceptors (Lipinski definition) is 2. The molecule has 0 saturated heterocycles. The monoisotopic (exact) mass is 307 g/mol. The molecule has 4 heteroatoms. The first-order valence-electron chi connectivity index (χ1n) is 8.58. The van der Waals surface area contributed by atoms with Gasteiger partial charge in [-0.3, -0.25) is 9.48 Å². The third-order valence-corrected chi connectivity index (χ3v) is 5.45. The van der Waals surface area contributed by atoms with Gasteiger partial charge in [0, 0.05) is 23.5 Å². The molecule has 2 heterocycles. The molecule has 0 atom stereocenters. The van der Waals surface area contributed by atoms with Crippen LogP contribution in [0.15, 0.2) is 30.6 Å². The lowest BCUT2D eigenvalue weighted by molar-refractivity contribution is -0.122. The highest BCUT2D eigenvalue weighted by Crippen LogP contribution is 2.48. The van der Waals surface area contributed by atoms with Crippen molar-refractivity contribution in [3.63, 3.8) is 0 Å². The third kappa shape index (κ3) is 1.90. The summed E-state index contributed by atoms with van der Waals surface area (Å²) in [7, 11) is 0. The molecule has 0 radical (unpaired) electrons. The van der Waals surface area contributed by atoms with Crippen LogP contribution in [0.25, 0.3) is 11.1 Å². The van der Waals surface area contributed by atoms with Gasteiger partial charge in [-0.2, -0.15) is 5.10 Å². The quantitative estimate of drug-likeness (QED) is 0.867. The number of benzene rings is 1. The van der Waals surface area contributed by atoms with Crippen LogP contribution in [0.4, 0.5) is 5.69 Å². The van der Waals surface area contributed by atoms with Gasteiger partial charge >= 0.3 is 0 Å². The second-order valence-corrected chi connectivity index (χ2v) is 7.70. The van der Waals surface area contributed by atoms with Crippen LogP contribution in [0.2, 0.25) is 0 Å². The Balaban J connectivity index is 1.59. The molecule has 2 aromatic rings. The minimum Gasteiger partial charge on any atom is -0.308 e. The van der Waals surface area contributed by atoms with Crippen LogP contribution in [0, 0.1) is 0 Å². The molecule has 23 heavy (non-hydrogen) atoms. The number of carbonyl (C=O) groups is 1. The van der Waals surface area contributed by atoms with Crippen molar-refractivity contribution in [1.82, 2.24) is 9.78 Å². The summed E-state index contributed by atoms with van der Waals surface area (Å²) in [5, 5.41) is 4.49. The second kappa shape index (κ2) is 4.25. The van der Waals surface area contributed by atoms with Crippen LogP contribution in [0.3, 0.4) is 0 Å². The Labute approximate surface area is 136 Å². The van der Waals surface area contributed by atoms with E-state index in [0.717, 1.165) is 35.2 Å². The minimum absolute atomic E-state index is 0.251. The Morgan fingerprint density at radius 1 is 1.09 bits per heavy atom. The van der Waals surface area contributed by atoms with Crippen LogP contribution < -0.4 is 4.90 Å². The zero-order valence-corrected chi connectivity index (χ0v) is 13.6. The van der Waals surface area contributed by atoms with Gasteiger partial charge < -0.3 is 4.90 Å². The molecular formula is C19H21N3O. The maximum Gasteiger partial charge on any atom is 0.237 e. The largest absolute Gasteiger partial charge is 0.308 e. The SMILES string of the molecule is CC1(C)C(=O)N(C2CC2)c2cc(-c3cnn(C4CC4)c3)ccc21. The van der Waals surface area contributed by atoms with Crippen molar-refractivity contribution in [2.24, 2.45) is 0 Å². The maximum atomic E-state index is 12.8. The molecule has 118 valence electrons. The zero-order chi connectivity index (χ0) is 15.8. The molecule has 3 aliphatic rings. The second-order valence-electron chi connectivity index (χ2n) is 7.70. The smallest absolute Gasteiger partial charge is 0.237 e. The molecule has 0 unspecified atom stereocenters. The van der Waals surface area contributed by atoms with E-state index < -0.39 is 5.41 Å². The average Bonchev–Trinajstić information content (AvgIpc) is 3.46. The predicted octanol–water partition coefficient (Wildman–Crippen LogP) is 3.67. The Bertz CT molecular complexity index is 812. The van der Waals surface area contributed by atoms with E-state index in [1.165, 1.54) is 12.8 Å². The van der Waals surface area contributed by atoms with E-state index in [2.05, 4.69) is 34.2 Å². The highest BCUT2D eigenvalue weighted by atomic mass is 16.2. The van der Waals surface area contributed by atoms with Crippen molar-refractivity contribution in [3.05, 3.63) is 36.2 Å². The van der Waals surface area contributed by atoms with Crippen LogP contribution in [-0.2, 0) is 10.2 Å². The number of nitrogens with zero attached hydrogens (tertiary/aromatic N) is 3. The van der Waals surface area contributed by atoms with Gasteiger partial charge in [-0.25, -0.2) is 0 Å². The minimum atomic E-state index is -0.408. The summed E-state index contributed by atoms with van der Waals surface area (Å²) in [6.45, 7) is 4.09. The molecule has 2 saturated carbocycles. The Morgan fingerprint density at radius 3 is 2.52 bits per heavy atom. The lowest BCUT2D eigenvalue weighted by atomic mass is 9.85. The van der Waals surface area contributed by atoms with Crippen molar-refractivity contribution in [3.8, 4) is 11.1 Å². The normalized spacial score (nSPS) is 22.5. The standard InChI is InChI=1S/C19H21N3O/c1-19(2)16-8-3-12(13-10-20-21(11-13)14-4-5-14)9-17(16)22(18(19)23)15-6-7-15/h3,8-11,14-15H,4-7H2,1-2H3. The summed E-state index contributed by atoms with van der Waals surface area (Å²) in [5.74, 6) is 0.251. The fourth-order valence-electron chi connectivity index (χ4n) is 3.69. The van der Waals surface area contributed by atoms with Crippen LogP contribution >= 0.6 is 0 Å². The summed E-state index contributed by atoms with van der Waals surface area (Å²) in [5.41, 5.74) is 4.17. The molecular weight excluding hydrogens is 286 g/mol. The van der Waals surface area contributed by atoms with Crippen molar-refractivity contribution < 1.29 is 4.79 Å². The highest BCUT2D eigenvalue weighted by Gasteiger charge is 2.48. The molecule has 1 aliphatic heterocycles. The summed E-state index contributed by atoms with van der Waals surface area (Å²) in [4.78, 5) is 14.9. The summed E-state index contributed by atoms with van der Waals surface area (Å²) < 4.78 is 2.08. The number of rotatable bonds is 3. The van der Waals surface area contributed by atoms with E-state index in [4.69, 9.17) is 0 Å². The maximum absolute atomic E-state index is 12.8. The Kier molecular flexibility index (Phi) is 2.47. The number of anilines is 1. The number of aromatic nitrogens is 2. The Hall–Kier alpha value is -2.10. The average molecular weight is 307 g/mol. The van der Waals surface area contributed by atoms with Gasteiger partial charge in [0.1, 0.15) is 0 Å². The molecule has 4 nitrogen and oxygen atoms in total. The fourth-order valence-corrected chi connectivity index (χ4v) is 3.69. The lowest BCUT2D eigenvalue weighted by Gasteiger charge is -2.19. The van der Waals surface area contributed by atoms with E-state index in [0.29, 0.717) is 12.1 Å². The van der Waals surface area contributed by atoms with Crippen LogP contribution in [0.1, 0.15) is 51.1 Å². The van der Waals surface area contributed by atoms with Crippen molar-refractivity contribution in [1.29, 1.82) is 0 Å². The van der Waals surface area contributed by atoms with Crippen LogP contribution in [-0.4, -0.2) is 21.7 Å². The summed E-state index contributed by atoms with van der Waals surface area (Å²) >= 11 is 0. The van der Waals surface area contributed by atoms with Gasteiger partial charge in [-0.15, -0.1) is 0 Å². The molecule has 1 amide bonds. The highest BCUT2D eigenvalue weighted by molar-refractivity contribution is 6.08. The van der Waals surface area contributed by atoms with Crippen molar-refractivity contribution >= 4 is 11.6 Å². The first kappa shape index (κ1) is 13.3. The Morgan fingerprint density at radius 2 is 1.83 bits per heavy atom. The number of amides is 1. The first-order valence-corrected chi connectivity index (χ1v) is 8.58. The van der Waals surface area contributed by atoms with Gasteiger partial charge in [0.2, 0.25) is 5.91 Å². The molecule has 1 aromatic carbocycles. The van der Waals surface area contributed by atoms with Gasteiger partial charge in [0.15, 0.2) is 0 Å². The van der Waals surface area contributed by atoms with Crippen molar-refractivity contribution in [2.75, 3.05) is 4.90 Å². The lowest BCUT2D eigenvalue weighted by Crippen LogP contribution is -2.37. The summed E-state index contributed by atoms with van der Waals surface area (Å²) in [6.07, 6.45) is 8.83. The number of hydrogen-bond donors (Lipinski definition) is 0. The van der Waals surface area contributed by atoms with Crippen LogP contribution in [0.5, 0.6) is 0 Å².